The minimum atomic E-state index is -4.28. The highest BCUT2D eigenvalue weighted by molar-refractivity contribution is 5.27. The predicted molar refractivity (Wildman–Crippen MR) is 121 cm³/mol. The molecule has 0 bridgehead atoms. The molecule has 0 aliphatic heterocycles. The number of allylic oxidation sites excluding steroid dienone is 4. The Balaban J connectivity index is 1.30. The van der Waals surface area contributed by atoms with Crippen molar-refractivity contribution in [2.24, 2.45) is 11.8 Å². The summed E-state index contributed by atoms with van der Waals surface area (Å²) in [6, 6.07) is 7.13. The van der Waals surface area contributed by atoms with Gasteiger partial charge in [-0.1, -0.05) is 24.3 Å². The fourth-order valence-corrected chi connectivity index (χ4v) is 5.08. The van der Waals surface area contributed by atoms with E-state index in [1.807, 2.05) is 6.08 Å². The summed E-state index contributed by atoms with van der Waals surface area (Å²) in [6.45, 7) is 0.786. The number of alkyl halides is 3. The molecule has 2 aliphatic carbocycles. The SMILES string of the molecule is N#C/C(F)=C/C=C/CC[C@H]1CC[C@H](OC[C@H]2CC[C@H](c3ccc(C(F)(F)F)cc3)CC2)CC1. The number of benzene rings is 1. The standard InChI is InChI=1S/C27H33F4NO/c28-25(18-32)5-3-1-2-4-20-8-16-26(17-9-20)33-19-21-6-10-22(11-7-21)23-12-14-24(15-13-23)27(29,30)31/h1,3,5,12-15,20-22,26H,2,4,6-11,16-17,19H2/b3-1+,25-5-/t20-,21-,22-,26-. The van der Waals surface area contributed by atoms with Crippen LogP contribution < -0.4 is 0 Å². The highest BCUT2D eigenvalue weighted by Gasteiger charge is 2.31. The van der Waals surface area contributed by atoms with Gasteiger partial charge in [-0.2, -0.15) is 22.8 Å². The van der Waals surface area contributed by atoms with Crippen molar-refractivity contribution >= 4 is 0 Å². The maximum absolute atomic E-state index is 12.8. The van der Waals surface area contributed by atoms with Crippen LogP contribution in [0.5, 0.6) is 0 Å². The number of rotatable bonds is 8. The van der Waals surface area contributed by atoms with Gasteiger partial charge >= 0.3 is 6.18 Å². The van der Waals surface area contributed by atoms with Crippen LogP contribution in [0, 0.1) is 23.2 Å². The van der Waals surface area contributed by atoms with Crippen molar-refractivity contribution in [3.63, 3.8) is 0 Å². The molecular formula is C27H33F4NO. The lowest BCUT2D eigenvalue weighted by molar-refractivity contribution is -0.137. The quantitative estimate of drug-likeness (QED) is 0.221. The fraction of sp³-hybridized carbons (Fsp3) is 0.593. The first-order valence-electron chi connectivity index (χ1n) is 12.1. The van der Waals surface area contributed by atoms with Crippen LogP contribution >= 0.6 is 0 Å². The molecule has 0 radical (unpaired) electrons. The first kappa shape index (κ1) is 25.5. The molecule has 0 atom stereocenters. The molecule has 0 N–H and O–H groups in total. The average Bonchev–Trinajstić information content (AvgIpc) is 2.83. The van der Waals surface area contributed by atoms with Gasteiger partial charge in [0.05, 0.1) is 11.7 Å². The van der Waals surface area contributed by atoms with Crippen molar-refractivity contribution in [3.05, 3.63) is 59.4 Å². The van der Waals surface area contributed by atoms with Gasteiger partial charge in [-0.3, -0.25) is 0 Å². The van der Waals surface area contributed by atoms with Crippen molar-refractivity contribution in [2.45, 2.75) is 82.4 Å². The van der Waals surface area contributed by atoms with Crippen molar-refractivity contribution in [2.75, 3.05) is 6.61 Å². The largest absolute Gasteiger partial charge is 0.416 e. The topological polar surface area (TPSA) is 33.0 Å². The number of hydrogen-bond donors (Lipinski definition) is 0. The molecule has 0 spiro atoms. The lowest BCUT2D eigenvalue weighted by Crippen LogP contribution is -2.25. The molecule has 2 saturated carbocycles. The van der Waals surface area contributed by atoms with E-state index in [9.17, 15) is 17.6 Å². The zero-order valence-electron chi connectivity index (χ0n) is 19.0. The van der Waals surface area contributed by atoms with Crippen LogP contribution in [0.3, 0.4) is 0 Å². The summed E-state index contributed by atoms with van der Waals surface area (Å²) in [5.74, 6) is 0.802. The molecule has 33 heavy (non-hydrogen) atoms. The third kappa shape index (κ3) is 8.30. The van der Waals surface area contributed by atoms with Crippen LogP contribution in [-0.2, 0) is 10.9 Å². The van der Waals surface area contributed by atoms with E-state index >= 15 is 0 Å². The van der Waals surface area contributed by atoms with Crippen molar-refractivity contribution < 1.29 is 22.3 Å². The fourth-order valence-electron chi connectivity index (χ4n) is 5.08. The van der Waals surface area contributed by atoms with Crippen LogP contribution in [-0.4, -0.2) is 12.7 Å². The number of halogens is 4. The van der Waals surface area contributed by atoms with E-state index in [4.69, 9.17) is 10.00 Å². The summed E-state index contributed by atoms with van der Waals surface area (Å²) in [5, 5.41) is 8.37. The van der Waals surface area contributed by atoms with Gasteiger partial charge in [0.15, 0.2) is 5.83 Å². The van der Waals surface area contributed by atoms with Gasteiger partial charge in [0.1, 0.15) is 6.07 Å². The van der Waals surface area contributed by atoms with E-state index in [1.165, 1.54) is 24.3 Å². The summed E-state index contributed by atoms with van der Waals surface area (Å²) in [7, 11) is 0. The Morgan fingerprint density at radius 2 is 1.61 bits per heavy atom. The minimum absolute atomic E-state index is 0.331. The van der Waals surface area contributed by atoms with Crippen LogP contribution in [0.2, 0.25) is 0 Å². The summed E-state index contributed by atoms with van der Waals surface area (Å²) in [4.78, 5) is 0. The number of nitrogens with zero attached hydrogens (tertiary/aromatic N) is 1. The molecule has 0 unspecified atom stereocenters. The van der Waals surface area contributed by atoms with Gasteiger partial charge in [0.2, 0.25) is 0 Å². The Labute approximate surface area is 194 Å². The summed E-state index contributed by atoms with van der Waals surface area (Å²) in [6.07, 6.45) is 11.4. The van der Waals surface area contributed by atoms with Crippen molar-refractivity contribution in [3.8, 4) is 6.07 Å². The monoisotopic (exact) mass is 463 g/mol. The van der Waals surface area contributed by atoms with Gasteiger partial charge in [0, 0.05) is 6.61 Å². The summed E-state index contributed by atoms with van der Waals surface area (Å²) >= 11 is 0. The molecule has 2 aliphatic rings. The first-order chi connectivity index (χ1) is 15.8. The number of nitriles is 1. The van der Waals surface area contributed by atoms with E-state index in [1.54, 1.807) is 18.2 Å². The lowest BCUT2D eigenvalue weighted by atomic mass is 9.79. The lowest BCUT2D eigenvalue weighted by Gasteiger charge is -2.32. The van der Waals surface area contributed by atoms with Crippen LogP contribution in [0.4, 0.5) is 17.6 Å². The van der Waals surface area contributed by atoms with E-state index in [0.717, 1.165) is 76.4 Å². The smallest absolute Gasteiger partial charge is 0.378 e. The molecule has 0 aromatic heterocycles. The summed E-state index contributed by atoms with van der Waals surface area (Å²) in [5.41, 5.74) is 0.435. The third-order valence-electron chi connectivity index (χ3n) is 7.14. The Kier molecular flexibility index (Phi) is 9.55. The molecule has 0 heterocycles. The van der Waals surface area contributed by atoms with Crippen molar-refractivity contribution in [1.82, 2.24) is 0 Å². The van der Waals surface area contributed by atoms with E-state index in [2.05, 4.69) is 0 Å². The summed E-state index contributed by atoms with van der Waals surface area (Å²) < 4.78 is 57.2. The molecule has 180 valence electrons. The molecule has 1 aromatic rings. The molecular weight excluding hydrogens is 430 g/mol. The highest BCUT2D eigenvalue weighted by atomic mass is 19.4. The molecule has 6 heteroatoms. The Morgan fingerprint density at radius 1 is 0.970 bits per heavy atom. The Hall–Kier alpha value is -2.13. The second kappa shape index (κ2) is 12.4. The zero-order valence-corrected chi connectivity index (χ0v) is 19.0. The molecule has 2 nitrogen and oxygen atoms in total. The van der Waals surface area contributed by atoms with Crippen LogP contribution in [0.1, 0.15) is 81.3 Å². The second-order valence-electron chi connectivity index (χ2n) is 9.45. The van der Waals surface area contributed by atoms with Crippen LogP contribution in [0.15, 0.2) is 48.3 Å². The molecule has 0 saturated heterocycles. The van der Waals surface area contributed by atoms with Crippen molar-refractivity contribution in [1.29, 1.82) is 5.26 Å². The Morgan fingerprint density at radius 3 is 2.21 bits per heavy atom. The van der Waals surface area contributed by atoms with Gasteiger partial charge in [-0.25, -0.2) is 0 Å². The Bertz CT molecular complexity index is 821. The zero-order chi connectivity index (χ0) is 23.7. The van der Waals surface area contributed by atoms with Gasteiger partial charge in [-0.15, -0.1) is 0 Å². The third-order valence-corrected chi connectivity index (χ3v) is 7.14. The molecule has 2 fully saturated rings. The first-order valence-corrected chi connectivity index (χ1v) is 12.1. The number of hydrogen-bond acceptors (Lipinski definition) is 2. The predicted octanol–water partition coefficient (Wildman–Crippen LogP) is 8.27. The molecule has 3 rings (SSSR count). The average molecular weight is 464 g/mol. The molecule has 1 aromatic carbocycles. The normalized spacial score (nSPS) is 26.9. The number of ether oxygens (including phenoxy) is 1. The van der Waals surface area contributed by atoms with Gasteiger partial charge in [-0.05, 0) is 106 Å². The molecule has 0 amide bonds. The van der Waals surface area contributed by atoms with E-state index in [0.29, 0.717) is 23.9 Å². The minimum Gasteiger partial charge on any atom is -0.378 e. The van der Waals surface area contributed by atoms with E-state index < -0.39 is 17.6 Å². The van der Waals surface area contributed by atoms with Crippen LogP contribution in [0.25, 0.3) is 0 Å². The second-order valence-corrected chi connectivity index (χ2v) is 9.45. The highest BCUT2D eigenvalue weighted by Crippen LogP contribution is 2.38. The van der Waals surface area contributed by atoms with E-state index in [-0.39, 0.29) is 0 Å². The maximum Gasteiger partial charge on any atom is 0.416 e. The van der Waals surface area contributed by atoms with Gasteiger partial charge < -0.3 is 4.74 Å². The maximum atomic E-state index is 12.8. The van der Waals surface area contributed by atoms with Gasteiger partial charge in [0.25, 0.3) is 0 Å².